The van der Waals surface area contributed by atoms with Gasteiger partial charge in [0, 0.05) is 0 Å². The maximum atomic E-state index is 11.0. The lowest BCUT2D eigenvalue weighted by Gasteiger charge is -2.16. The van der Waals surface area contributed by atoms with E-state index in [0.717, 1.165) is 25.7 Å². The molecule has 5 heteroatoms. The second kappa shape index (κ2) is 25.0. The maximum Gasteiger partial charge on any atom is 0.397 e. The average molecular weight is 491 g/mol. The summed E-state index contributed by atoms with van der Waals surface area (Å²) < 4.78 is 35.6. The highest BCUT2D eigenvalue weighted by Crippen LogP contribution is 2.21. The van der Waals surface area contributed by atoms with Crippen molar-refractivity contribution in [2.24, 2.45) is 5.92 Å². The van der Waals surface area contributed by atoms with Gasteiger partial charge in [0.05, 0.1) is 6.61 Å². The highest BCUT2D eigenvalue weighted by atomic mass is 32.3. The molecule has 0 aliphatic carbocycles. The van der Waals surface area contributed by atoms with Crippen LogP contribution >= 0.6 is 0 Å². The number of hydrogen-bond acceptors (Lipinski definition) is 3. The van der Waals surface area contributed by atoms with Crippen LogP contribution in [0.25, 0.3) is 0 Å². The van der Waals surface area contributed by atoms with Crippen molar-refractivity contribution in [3.05, 3.63) is 0 Å². The highest BCUT2D eigenvalue weighted by molar-refractivity contribution is 7.80. The molecule has 0 saturated heterocycles. The molecule has 0 amide bonds. The standard InChI is InChI=1S/C28H58O4S/c1-3-5-7-9-11-13-15-17-19-21-23-25-28(27-32-33(29,30)31)26-24-22-20-18-16-14-12-10-8-6-4-2/h28H,3-27H2,1-2H3,(H,29,30,31). The minimum absolute atomic E-state index is 0.133. The van der Waals surface area contributed by atoms with Gasteiger partial charge in [-0.25, -0.2) is 4.18 Å². The fourth-order valence-corrected chi connectivity index (χ4v) is 5.05. The molecule has 0 saturated carbocycles. The quantitative estimate of drug-likeness (QED) is 0.0919. The van der Waals surface area contributed by atoms with Crippen molar-refractivity contribution in [2.45, 2.75) is 168 Å². The molecule has 4 nitrogen and oxygen atoms in total. The van der Waals surface area contributed by atoms with Crippen LogP contribution in [0.15, 0.2) is 0 Å². The van der Waals surface area contributed by atoms with Crippen LogP contribution < -0.4 is 0 Å². The van der Waals surface area contributed by atoms with E-state index >= 15 is 0 Å². The fourth-order valence-electron chi connectivity index (χ4n) is 4.69. The van der Waals surface area contributed by atoms with E-state index in [2.05, 4.69) is 13.8 Å². The minimum atomic E-state index is -4.33. The third-order valence-electron chi connectivity index (χ3n) is 6.88. The Morgan fingerprint density at radius 3 is 1.06 bits per heavy atom. The van der Waals surface area contributed by atoms with Crippen molar-refractivity contribution >= 4 is 10.4 Å². The summed E-state index contributed by atoms with van der Waals surface area (Å²) in [5.41, 5.74) is 0. The summed E-state index contributed by atoms with van der Waals surface area (Å²) in [6.07, 6.45) is 31.0. The molecule has 0 spiro atoms. The predicted molar refractivity (Wildman–Crippen MR) is 143 cm³/mol. The summed E-state index contributed by atoms with van der Waals surface area (Å²) in [6, 6.07) is 0. The Morgan fingerprint density at radius 1 is 0.515 bits per heavy atom. The zero-order valence-corrected chi connectivity index (χ0v) is 23.2. The van der Waals surface area contributed by atoms with Gasteiger partial charge >= 0.3 is 10.4 Å². The van der Waals surface area contributed by atoms with E-state index in [0.29, 0.717) is 0 Å². The van der Waals surface area contributed by atoms with Gasteiger partial charge in [-0.1, -0.05) is 155 Å². The van der Waals surface area contributed by atoms with Crippen LogP contribution in [0.4, 0.5) is 0 Å². The van der Waals surface area contributed by atoms with Gasteiger partial charge in [0.2, 0.25) is 0 Å². The number of unbranched alkanes of at least 4 members (excludes halogenated alkanes) is 20. The van der Waals surface area contributed by atoms with Crippen LogP contribution in [-0.2, 0) is 14.6 Å². The molecule has 200 valence electrons. The molecule has 0 aliphatic rings. The van der Waals surface area contributed by atoms with Gasteiger partial charge in [-0.3, -0.25) is 4.55 Å². The fraction of sp³-hybridized carbons (Fsp3) is 1.00. The Balaban J connectivity index is 3.76. The molecular weight excluding hydrogens is 432 g/mol. The zero-order valence-electron chi connectivity index (χ0n) is 22.3. The van der Waals surface area contributed by atoms with Gasteiger partial charge in [0.1, 0.15) is 0 Å². The van der Waals surface area contributed by atoms with E-state index in [9.17, 15) is 8.42 Å². The first-order valence-electron chi connectivity index (χ1n) is 14.6. The van der Waals surface area contributed by atoms with Crippen molar-refractivity contribution in [3.63, 3.8) is 0 Å². The Kier molecular flexibility index (Phi) is 24.9. The Labute approximate surface area is 208 Å². The lowest BCUT2D eigenvalue weighted by atomic mass is 9.94. The van der Waals surface area contributed by atoms with E-state index in [1.165, 1.54) is 128 Å². The van der Waals surface area contributed by atoms with Crippen molar-refractivity contribution < 1.29 is 17.2 Å². The Bertz CT molecular complexity index is 452. The SMILES string of the molecule is CCCCCCCCCCCCCC(CCCCCCCCCCCCC)COS(=O)(=O)O. The molecule has 0 unspecified atom stereocenters. The Hall–Kier alpha value is -0.130. The second-order valence-corrected chi connectivity index (χ2v) is 11.3. The lowest BCUT2D eigenvalue weighted by molar-refractivity contribution is 0.204. The summed E-state index contributed by atoms with van der Waals surface area (Å²) in [6.45, 7) is 4.66. The molecule has 0 fully saturated rings. The van der Waals surface area contributed by atoms with Crippen LogP contribution in [0.5, 0.6) is 0 Å². The zero-order chi connectivity index (χ0) is 24.5. The van der Waals surface area contributed by atoms with Crippen LogP contribution in [0.3, 0.4) is 0 Å². The normalized spacial score (nSPS) is 12.1. The summed E-state index contributed by atoms with van der Waals surface area (Å²) in [4.78, 5) is 0. The van der Waals surface area contributed by atoms with Crippen LogP contribution in [0, 0.1) is 5.92 Å². The molecule has 33 heavy (non-hydrogen) atoms. The molecule has 0 rings (SSSR count). The van der Waals surface area contributed by atoms with Crippen LogP contribution in [-0.4, -0.2) is 19.6 Å². The smallest absolute Gasteiger partial charge is 0.264 e. The largest absolute Gasteiger partial charge is 0.397 e. The van der Waals surface area contributed by atoms with Crippen molar-refractivity contribution in [2.75, 3.05) is 6.61 Å². The summed E-state index contributed by atoms with van der Waals surface area (Å²) >= 11 is 0. The first-order valence-corrected chi connectivity index (χ1v) is 16.0. The third-order valence-corrected chi connectivity index (χ3v) is 7.32. The molecule has 1 N–H and O–H groups in total. The summed E-state index contributed by atoms with van der Waals surface area (Å²) in [7, 11) is -4.33. The molecule has 0 aliphatic heterocycles. The minimum Gasteiger partial charge on any atom is -0.264 e. The molecule has 0 atom stereocenters. The summed E-state index contributed by atoms with van der Waals surface area (Å²) in [5.74, 6) is 0.240. The lowest BCUT2D eigenvalue weighted by Crippen LogP contribution is -2.14. The van der Waals surface area contributed by atoms with E-state index in [1.54, 1.807) is 0 Å². The van der Waals surface area contributed by atoms with E-state index in [-0.39, 0.29) is 12.5 Å². The van der Waals surface area contributed by atoms with Gasteiger partial charge in [-0.15, -0.1) is 0 Å². The van der Waals surface area contributed by atoms with Crippen molar-refractivity contribution in [1.29, 1.82) is 0 Å². The van der Waals surface area contributed by atoms with Crippen molar-refractivity contribution in [1.82, 2.24) is 0 Å². The van der Waals surface area contributed by atoms with Crippen molar-refractivity contribution in [3.8, 4) is 0 Å². The summed E-state index contributed by atoms with van der Waals surface area (Å²) in [5, 5.41) is 0. The molecule has 0 aromatic heterocycles. The van der Waals surface area contributed by atoms with E-state index < -0.39 is 10.4 Å². The van der Waals surface area contributed by atoms with Crippen LogP contribution in [0.1, 0.15) is 168 Å². The second-order valence-electron chi connectivity index (χ2n) is 10.2. The third kappa shape index (κ3) is 28.0. The predicted octanol–water partition coefficient (Wildman–Crippen LogP) is 9.82. The number of hydrogen-bond donors (Lipinski definition) is 1. The molecule has 0 aromatic carbocycles. The number of rotatable bonds is 27. The van der Waals surface area contributed by atoms with E-state index in [1.807, 2.05) is 0 Å². The van der Waals surface area contributed by atoms with Gasteiger partial charge in [0.15, 0.2) is 0 Å². The topological polar surface area (TPSA) is 63.6 Å². The highest BCUT2D eigenvalue weighted by Gasteiger charge is 2.13. The average Bonchev–Trinajstić information content (AvgIpc) is 2.78. The van der Waals surface area contributed by atoms with Gasteiger partial charge in [-0.05, 0) is 18.8 Å². The molecule has 0 aromatic rings. The first-order chi connectivity index (χ1) is 16.0. The first kappa shape index (κ1) is 32.9. The molecule has 0 radical (unpaired) electrons. The molecule has 0 heterocycles. The Morgan fingerprint density at radius 2 is 0.788 bits per heavy atom. The van der Waals surface area contributed by atoms with E-state index in [4.69, 9.17) is 8.74 Å². The monoisotopic (exact) mass is 490 g/mol. The van der Waals surface area contributed by atoms with Gasteiger partial charge in [-0.2, -0.15) is 8.42 Å². The van der Waals surface area contributed by atoms with Gasteiger partial charge in [0.25, 0.3) is 0 Å². The molecular formula is C28H58O4S. The van der Waals surface area contributed by atoms with Gasteiger partial charge < -0.3 is 0 Å². The molecule has 0 bridgehead atoms. The van der Waals surface area contributed by atoms with Crippen LogP contribution in [0.2, 0.25) is 0 Å². The maximum absolute atomic E-state index is 11.0.